The fourth-order valence-electron chi connectivity index (χ4n) is 1.98. The molecule has 2 rings (SSSR count). The van der Waals surface area contributed by atoms with E-state index in [-0.39, 0.29) is 5.91 Å². The van der Waals surface area contributed by atoms with Gasteiger partial charge in [-0.05, 0) is 25.1 Å². The van der Waals surface area contributed by atoms with Gasteiger partial charge in [0.05, 0.1) is 17.0 Å². The van der Waals surface area contributed by atoms with Gasteiger partial charge in [-0.25, -0.2) is 0 Å². The maximum atomic E-state index is 12.5. The molecule has 0 bridgehead atoms. The van der Waals surface area contributed by atoms with Crippen LogP contribution >= 0.6 is 12.2 Å². The molecule has 98 valence electrons. The normalized spacial score (nSPS) is 10.4. The van der Waals surface area contributed by atoms with Crippen molar-refractivity contribution in [1.82, 2.24) is 9.88 Å². The quantitative estimate of drug-likeness (QED) is 0.865. The van der Waals surface area contributed by atoms with Crippen LogP contribution in [0.1, 0.15) is 17.3 Å². The number of thiocarbonyl (C=S) groups is 1. The molecule has 0 saturated carbocycles. The largest absolute Gasteiger partial charge is 0.392 e. The number of carbonyl (C=O) groups excluding carboxylic acids is 1. The van der Waals surface area contributed by atoms with E-state index in [1.165, 1.54) is 0 Å². The Bertz CT molecular complexity index is 622. The number of hydrogen-bond donors (Lipinski definition) is 1. The third-order valence-electron chi connectivity index (χ3n) is 2.89. The van der Waals surface area contributed by atoms with Crippen LogP contribution in [0.4, 0.5) is 0 Å². The molecule has 0 aliphatic carbocycles. The molecule has 0 radical (unpaired) electrons. The molecule has 0 spiro atoms. The van der Waals surface area contributed by atoms with Crippen molar-refractivity contribution >= 4 is 34.0 Å². The minimum absolute atomic E-state index is 0.0751. The van der Waals surface area contributed by atoms with Crippen LogP contribution < -0.4 is 5.73 Å². The fraction of sp³-hybridized carbons (Fsp3) is 0.214. The van der Waals surface area contributed by atoms with Gasteiger partial charge in [0.1, 0.15) is 0 Å². The van der Waals surface area contributed by atoms with Gasteiger partial charge in [0.25, 0.3) is 5.91 Å². The van der Waals surface area contributed by atoms with Crippen LogP contribution in [0.15, 0.2) is 36.5 Å². The summed E-state index contributed by atoms with van der Waals surface area (Å²) >= 11 is 4.87. The zero-order valence-corrected chi connectivity index (χ0v) is 11.5. The molecule has 5 heteroatoms. The van der Waals surface area contributed by atoms with E-state index in [9.17, 15) is 4.79 Å². The van der Waals surface area contributed by atoms with Gasteiger partial charge in [0.2, 0.25) is 0 Å². The molecule has 0 atom stereocenters. The molecule has 0 aliphatic heterocycles. The monoisotopic (exact) mass is 273 g/mol. The number of pyridine rings is 1. The number of rotatable bonds is 4. The minimum atomic E-state index is -0.0751. The highest BCUT2D eigenvalue weighted by atomic mass is 32.1. The fourth-order valence-corrected chi connectivity index (χ4v) is 2.13. The lowest BCUT2D eigenvalue weighted by Gasteiger charge is -2.20. The molecular formula is C14H15N3OS. The molecular weight excluding hydrogens is 258 g/mol. The van der Waals surface area contributed by atoms with Crippen molar-refractivity contribution in [2.75, 3.05) is 13.1 Å². The van der Waals surface area contributed by atoms with Crippen molar-refractivity contribution in [2.45, 2.75) is 6.92 Å². The number of hydrogen-bond acceptors (Lipinski definition) is 3. The molecule has 0 saturated heterocycles. The highest BCUT2D eigenvalue weighted by molar-refractivity contribution is 7.80. The van der Waals surface area contributed by atoms with E-state index in [1.807, 2.05) is 31.2 Å². The van der Waals surface area contributed by atoms with Crippen molar-refractivity contribution < 1.29 is 4.79 Å². The number of amides is 1. The van der Waals surface area contributed by atoms with Gasteiger partial charge in [0, 0.05) is 23.7 Å². The summed E-state index contributed by atoms with van der Waals surface area (Å²) in [5.74, 6) is -0.0751. The first-order chi connectivity index (χ1) is 9.13. The number of likely N-dealkylation sites (N-methyl/N-ethyl adjacent to an activating group) is 1. The second-order valence-corrected chi connectivity index (χ2v) is 4.69. The van der Waals surface area contributed by atoms with Gasteiger partial charge in [0.15, 0.2) is 0 Å². The first-order valence-electron chi connectivity index (χ1n) is 6.04. The molecule has 1 aromatic carbocycles. The summed E-state index contributed by atoms with van der Waals surface area (Å²) in [6.07, 6.45) is 1.71. The number of nitrogens with zero attached hydrogens (tertiary/aromatic N) is 2. The molecule has 0 aliphatic rings. The maximum Gasteiger partial charge on any atom is 0.254 e. The van der Waals surface area contributed by atoms with Gasteiger partial charge in [-0.3, -0.25) is 9.78 Å². The number of fused-ring (bicyclic) bond motifs is 1. The first kappa shape index (κ1) is 13.4. The SMILES string of the molecule is CCN(CC(N)=S)C(=O)c1cccc2ncccc12. The second-order valence-electron chi connectivity index (χ2n) is 4.16. The Balaban J connectivity index is 2.43. The van der Waals surface area contributed by atoms with Gasteiger partial charge in [-0.2, -0.15) is 0 Å². The van der Waals surface area contributed by atoms with Crippen LogP contribution in [0.25, 0.3) is 10.9 Å². The number of benzene rings is 1. The lowest BCUT2D eigenvalue weighted by atomic mass is 10.1. The van der Waals surface area contributed by atoms with Crippen LogP contribution in [0.3, 0.4) is 0 Å². The zero-order valence-electron chi connectivity index (χ0n) is 10.7. The third kappa shape index (κ3) is 2.88. The van der Waals surface area contributed by atoms with Crippen LogP contribution in [-0.4, -0.2) is 33.9 Å². The Hall–Kier alpha value is -2.01. The zero-order chi connectivity index (χ0) is 13.8. The summed E-state index contributed by atoms with van der Waals surface area (Å²) in [4.78, 5) is 18.7. The number of nitrogens with two attached hydrogens (primary N) is 1. The van der Waals surface area contributed by atoms with Crippen LogP contribution in [-0.2, 0) is 0 Å². The van der Waals surface area contributed by atoms with Crippen molar-refractivity contribution in [3.05, 3.63) is 42.1 Å². The third-order valence-corrected chi connectivity index (χ3v) is 3.02. The van der Waals surface area contributed by atoms with Crippen molar-refractivity contribution in [3.8, 4) is 0 Å². The summed E-state index contributed by atoms with van der Waals surface area (Å²) in [7, 11) is 0. The summed E-state index contributed by atoms with van der Waals surface area (Å²) < 4.78 is 0. The smallest absolute Gasteiger partial charge is 0.254 e. The van der Waals surface area contributed by atoms with E-state index < -0.39 is 0 Å². The first-order valence-corrected chi connectivity index (χ1v) is 6.45. The molecule has 1 aromatic heterocycles. The van der Waals surface area contributed by atoms with Gasteiger partial charge in [-0.15, -0.1) is 0 Å². The molecule has 1 amide bonds. The molecule has 4 nitrogen and oxygen atoms in total. The number of carbonyl (C=O) groups is 1. The lowest BCUT2D eigenvalue weighted by Crippen LogP contribution is -2.37. The predicted octanol–water partition coefficient (Wildman–Crippen LogP) is 1.98. The van der Waals surface area contributed by atoms with E-state index in [2.05, 4.69) is 4.98 Å². The van der Waals surface area contributed by atoms with Crippen molar-refractivity contribution in [3.63, 3.8) is 0 Å². The van der Waals surface area contributed by atoms with Gasteiger partial charge < -0.3 is 10.6 Å². The standard InChI is InChI=1S/C14H15N3OS/c1-2-17(9-13(15)19)14(18)11-5-3-7-12-10(11)6-4-8-16-12/h3-8H,2,9H2,1H3,(H2,15,19). The second kappa shape index (κ2) is 5.75. The molecule has 0 unspecified atom stereocenters. The van der Waals surface area contributed by atoms with Crippen LogP contribution in [0, 0.1) is 0 Å². The Morgan fingerprint density at radius 3 is 2.84 bits per heavy atom. The van der Waals surface area contributed by atoms with E-state index in [0.29, 0.717) is 23.6 Å². The average Bonchev–Trinajstić information content (AvgIpc) is 2.43. The Kier molecular flexibility index (Phi) is 4.06. The summed E-state index contributed by atoms with van der Waals surface area (Å²) in [5.41, 5.74) is 6.96. The summed E-state index contributed by atoms with van der Waals surface area (Å²) in [5, 5.41) is 0.844. The molecule has 19 heavy (non-hydrogen) atoms. The molecule has 2 aromatic rings. The molecule has 1 heterocycles. The van der Waals surface area contributed by atoms with E-state index in [1.54, 1.807) is 17.2 Å². The highest BCUT2D eigenvalue weighted by Gasteiger charge is 2.17. The van der Waals surface area contributed by atoms with Gasteiger partial charge >= 0.3 is 0 Å². The van der Waals surface area contributed by atoms with Crippen molar-refractivity contribution in [2.24, 2.45) is 5.73 Å². The van der Waals surface area contributed by atoms with E-state index in [4.69, 9.17) is 18.0 Å². The van der Waals surface area contributed by atoms with Gasteiger partial charge in [-0.1, -0.05) is 24.4 Å². The highest BCUT2D eigenvalue weighted by Crippen LogP contribution is 2.18. The van der Waals surface area contributed by atoms with E-state index >= 15 is 0 Å². The minimum Gasteiger partial charge on any atom is -0.392 e. The topological polar surface area (TPSA) is 59.2 Å². The van der Waals surface area contributed by atoms with Crippen LogP contribution in [0.5, 0.6) is 0 Å². The Morgan fingerprint density at radius 2 is 2.16 bits per heavy atom. The van der Waals surface area contributed by atoms with E-state index in [0.717, 1.165) is 10.9 Å². The molecule has 2 N–H and O–H groups in total. The Labute approximate surface area is 117 Å². The average molecular weight is 273 g/mol. The Morgan fingerprint density at radius 1 is 1.37 bits per heavy atom. The summed E-state index contributed by atoms with van der Waals surface area (Å²) in [6.45, 7) is 2.76. The lowest BCUT2D eigenvalue weighted by molar-refractivity contribution is 0.0790. The maximum absolute atomic E-state index is 12.5. The molecule has 0 fully saturated rings. The number of aromatic nitrogens is 1. The van der Waals surface area contributed by atoms with Crippen LogP contribution in [0.2, 0.25) is 0 Å². The summed E-state index contributed by atoms with van der Waals surface area (Å²) in [6, 6.07) is 9.23. The van der Waals surface area contributed by atoms with Crippen molar-refractivity contribution in [1.29, 1.82) is 0 Å². The predicted molar refractivity (Wildman–Crippen MR) is 80.1 cm³/mol.